The lowest BCUT2D eigenvalue weighted by molar-refractivity contribution is -0.122. The lowest BCUT2D eigenvalue weighted by Crippen LogP contribution is -2.36. The fourth-order valence-electron chi connectivity index (χ4n) is 0.604. The minimum atomic E-state index is -0.955. The van der Waals surface area contributed by atoms with Crippen LogP contribution in [0.25, 0.3) is 0 Å². The van der Waals surface area contributed by atoms with Crippen LogP contribution in [0.15, 0.2) is 21.9 Å². The van der Waals surface area contributed by atoms with Gasteiger partial charge >= 0.3 is 11.7 Å². The minimum Gasteiger partial charge on any atom is -0.387 e. The molecule has 0 atom stereocenters. The van der Waals surface area contributed by atoms with Crippen molar-refractivity contribution in [3.05, 3.63) is 33.1 Å². The Kier molecular flexibility index (Phi) is 5.74. The first kappa shape index (κ1) is 14.4. The van der Waals surface area contributed by atoms with E-state index in [0.29, 0.717) is 0 Å². The van der Waals surface area contributed by atoms with Crippen molar-refractivity contribution in [2.45, 2.75) is 0 Å². The van der Waals surface area contributed by atoms with Crippen molar-refractivity contribution < 1.29 is 14.7 Å². The van der Waals surface area contributed by atoms with E-state index in [1.165, 1.54) is 12.3 Å². The fourth-order valence-corrected chi connectivity index (χ4v) is 0.604. The zero-order valence-electron chi connectivity index (χ0n) is 8.54. The topological polar surface area (TPSA) is 173 Å². The summed E-state index contributed by atoms with van der Waals surface area (Å²) in [5.74, 6) is 4.23. The van der Waals surface area contributed by atoms with Crippen LogP contribution in [-0.2, 0) is 4.79 Å². The molecule has 1 heterocycles. The minimum absolute atomic E-state index is 0.443. The molecule has 0 radical (unpaired) electrons. The quantitative estimate of drug-likeness (QED) is 0.320. The molecular formula is C7H11N5O5. The molecule has 1 rings (SSSR count). The van der Waals surface area contributed by atoms with Gasteiger partial charge in [0.05, 0.1) is 0 Å². The number of aromatic amines is 1. The molecule has 3 amide bonds. The second-order valence-electron chi connectivity index (χ2n) is 2.59. The molecule has 0 bridgehead atoms. The molecule has 0 saturated heterocycles. The van der Waals surface area contributed by atoms with Crippen LogP contribution < -0.4 is 28.1 Å². The number of imide groups is 1. The molecule has 0 saturated carbocycles. The number of amides is 3. The molecule has 10 heteroatoms. The van der Waals surface area contributed by atoms with E-state index < -0.39 is 29.8 Å². The highest BCUT2D eigenvalue weighted by molar-refractivity contribution is 5.93. The van der Waals surface area contributed by atoms with Crippen LogP contribution in [0.3, 0.4) is 0 Å². The maximum absolute atomic E-state index is 10.4. The zero-order valence-corrected chi connectivity index (χ0v) is 8.54. The van der Waals surface area contributed by atoms with E-state index in [9.17, 15) is 19.2 Å². The van der Waals surface area contributed by atoms with Gasteiger partial charge in [0.15, 0.2) is 0 Å². The van der Waals surface area contributed by atoms with Crippen molar-refractivity contribution in [3.8, 4) is 0 Å². The first-order valence-corrected chi connectivity index (χ1v) is 4.14. The molecule has 17 heavy (non-hydrogen) atoms. The Morgan fingerprint density at radius 1 is 1.47 bits per heavy atom. The van der Waals surface area contributed by atoms with E-state index in [-0.39, 0.29) is 0 Å². The second-order valence-corrected chi connectivity index (χ2v) is 2.59. The third kappa shape index (κ3) is 6.46. The number of nitrogens with zero attached hydrogens (tertiary/aromatic N) is 1. The zero-order chi connectivity index (χ0) is 13.4. The molecule has 10 nitrogen and oxygen atoms in total. The van der Waals surface area contributed by atoms with Gasteiger partial charge in [-0.15, -0.1) is 0 Å². The molecule has 0 aliphatic rings. The van der Waals surface area contributed by atoms with Crippen molar-refractivity contribution in [1.82, 2.24) is 15.0 Å². The Morgan fingerprint density at radius 3 is 2.35 bits per heavy atom. The van der Waals surface area contributed by atoms with E-state index in [1.807, 2.05) is 4.98 Å². The number of urea groups is 1. The van der Waals surface area contributed by atoms with Crippen LogP contribution in [0.2, 0.25) is 0 Å². The van der Waals surface area contributed by atoms with Gasteiger partial charge in [0.2, 0.25) is 0 Å². The number of nitrogen functional groups attached to an aromatic ring is 1. The summed E-state index contributed by atoms with van der Waals surface area (Å²) in [5.41, 5.74) is 3.44. The number of hydrogen-bond donors (Lipinski definition) is 5. The number of carbonyl (C=O) groups is 2. The summed E-state index contributed by atoms with van der Waals surface area (Å²) in [5, 5.41) is 9.61. The smallest absolute Gasteiger partial charge is 0.346 e. The van der Waals surface area contributed by atoms with Gasteiger partial charge in [-0.1, -0.05) is 0 Å². The summed E-state index contributed by atoms with van der Waals surface area (Å²) < 4.78 is 0.793. The number of nitrogens with two attached hydrogens (primary N) is 2. The normalized spacial score (nSPS) is 8.76. The van der Waals surface area contributed by atoms with Crippen molar-refractivity contribution in [2.24, 2.45) is 5.73 Å². The van der Waals surface area contributed by atoms with Crippen LogP contribution in [0.1, 0.15) is 0 Å². The predicted octanol–water partition coefficient (Wildman–Crippen LogP) is -3.58. The van der Waals surface area contributed by atoms with E-state index >= 15 is 0 Å². The summed E-state index contributed by atoms with van der Waals surface area (Å²) in [6, 6.07) is 0.213. The van der Waals surface area contributed by atoms with Gasteiger partial charge in [-0.3, -0.25) is 19.9 Å². The average Bonchev–Trinajstić information content (AvgIpc) is 2.24. The lowest BCUT2D eigenvalue weighted by atomic mass is 10.6. The Balaban J connectivity index is 0.000000304. The van der Waals surface area contributed by atoms with Gasteiger partial charge in [-0.05, 0) is 0 Å². The fraction of sp³-hybridized carbons (Fsp3) is 0.143. The van der Waals surface area contributed by atoms with Crippen LogP contribution in [-0.4, -0.2) is 33.3 Å². The summed E-state index contributed by atoms with van der Waals surface area (Å²) in [6.07, 6.45) is 1.20. The van der Waals surface area contributed by atoms with Crippen molar-refractivity contribution in [3.63, 3.8) is 0 Å². The predicted molar refractivity (Wildman–Crippen MR) is 56.3 cm³/mol. The Labute approximate surface area is 93.8 Å². The van der Waals surface area contributed by atoms with E-state index in [0.717, 1.165) is 4.68 Å². The standard InChI is InChI=1S/C4H5N3O2.C3H6N2O3/c5-7-2-1-3(8)6-4(7)9;4-3(8)5-2(7)1-6/h1-2H,5H2,(H,6,8,9);6H,1H2,(H3,4,5,7,8). The third-order valence-electron chi connectivity index (χ3n) is 1.26. The molecule has 0 aliphatic carbocycles. The Morgan fingerprint density at radius 2 is 2.06 bits per heavy atom. The Bertz CT molecular complexity index is 504. The number of aromatic nitrogens is 2. The highest BCUT2D eigenvalue weighted by atomic mass is 16.3. The molecular weight excluding hydrogens is 234 g/mol. The number of hydrogen-bond acceptors (Lipinski definition) is 6. The van der Waals surface area contributed by atoms with E-state index in [1.54, 1.807) is 5.32 Å². The number of rotatable bonds is 1. The molecule has 0 aliphatic heterocycles. The van der Waals surface area contributed by atoms with Gasteiger partial charge in [0.25, 0.3) is 11.5 Å². The van der Waals surface area contributed by atoms with Crippen molar-refractivity contribution >= 4 is 11.9 Å². The monoisotopic (exact) mass is 245 g/mol. The average molecular weight is 245 g/mol. The van der Waals surface area contributed by atoms with E-state index in [2.05, 4.69) is 5.73 Å². The molecule has 1 aromatic heterocycles. The number of aliphatic hydroxyl groups excluding tert-OH is 1. The summed E-state index contributed by atoms with van der Waals surface area (Å²) in [6.45, 7) is -0.719. The van der Waals surface area contributed by atoms with Crippen LogP contribution in [0.4, 0.5) is 4.79 Å². The first-order valence-electron chi connectivity index (χ1n) is 4.14. The number of H-pyrrole nitrogens is 1. The summed E-state index contributed by atoms with van der Waals surface area (Å²) in [4.78, 5) is 42.4. The van der Waals surface area contributed by atoms with Gasteiger partial charge < -0.3 is 16.7 Å². The molecule has 0 fully saturated rings. The van der Waals surface area contributed by atoms with Crippen LogP contribution in [0, 0.1) is 0 Å². The third-order valence-corrected chi connectivity index (χ3v) is 1.26. The van der Waals surface area contributed by atoms with Crippen molar-refractivity contribution in [1.29, 1.82) is 0 Å². The number of primary amides is 1. The van der Waals surface area contributed by atoms with Crippen LogP contribution in [0.5, 0.6) is 0 Å². The highest BCUT2D eigenvalue weighted by Crippen LogP contribution is 1.59. The SMILES string of the molecule is NC(=O)NC(=O)CO.Nn1ccc(=O)[nH]c1=O. The maximum atomic E-state index is 10.4. The summed E-state index contributed by atoms with van der Waals surface area (Å²) >= 11 is 0. The number of aliphatic hydroxyl groups is 1. The highest BCUT2D eigenvalue weighted by Gasteiger charge is 1.98. The van der Waals surface area contributed by atoms with E-state index in [4.69, 9.17) is 10.9 Å². The second kappa shape index (κ2) is 6.79. The van der Waals surface area contributed by atoms with Crippen LogP contribution >= 0.6 is 0 Å². The number of carbonyl (C=O) groups excluding carboxylic acids is 2. The molecule has 0 spiro atoms. The molecule has 0 aromatic carbocycles. The molecule has 0 unspecified atom stereocenters. The van der Waals surface area contributed by atoms with Crippen molar-refractivity contribution in [2.75, 3.05) is 12.4 Å². The lowest BCUT2D eigenvalue weighted by Gasteiger charge is -1.92. The summed E-state index contributed by atoms with van der Waals surface area (Å²) in [7, 11) is 0. The van der Waals surface area contributed by atoms with Gasteiger partial charge in [0, 0.05) is 12.3 Å². The number of nitrogens with one attached hydrogen (secondary N) is 2. The first-order chi connectivity index (χ1) is 7.86. The largest absolute Gasteiger partial charge is 0.387 e. The maximum Gasteiger partial charge on any atom is 0.346 e. The van der Waals surface area contributed by atoms with Gasteiger partial charge in [0.1, 0.15) is 6.61 Å². The van der Waals surface area contributed by atoms with Gasteiger partial charge in [-0.2, -0.15) is 0 Å². The molecule has 1 aromatic rings. The van der Waals surface area contributed by atoms with Gasteiger partial charge in [-0.25, -0.2) is 14.3 Å². The Hall–Kier alpha value is -2.62. The molecule has 7 N–H and O–H groups in total. The molecule has 94 valence electrons.